The number of nitrogens with one attached hydrogen (secondary N) is 1. The first-order valence-electron chi connectivity index (χ1n) is 8.52. The molecule has 0 radical (unpaired) electrons. The van der Waals surface area contributed by atoms with E-state index in [4.69, 9.17) is 5.73 Å². The van der Waals surface area contributed by atoms with Gasteiger partial charge in [-0.2, -0.15) is 0 Å². The van der Waals surface area contributed by atoms with Crippen LogP contribution in [0.1, 0.15) is 49.0 Å². The third kappa shape index (κ3) is 6.30. The number of carbonyl (C=O) groups is 1. The number of likely N-dealkylation sites (tertiary alicyclic amines) is 1. The van der Waals surface area contributed by atoms with Gasteiger partial charge in [0.2, 0.25) is 0 Å². The summed E-state index contributed by atoms with van der Waals surface area (Å²) in [6.45, 7) is 7.48. The second-order valence-electron chi connectivity index (χ2n) is 6.30. The first-order valence-corrected chi connectivity index (χ1v) is 8.52. The fourth-order valence-corrected chi connectivity index (χ4v) is 2.66. The van der Waals surface area contributed by atoms with Crippen LogP contribution in [-0.2, 0) is 6.54 Å². The van der Waals surface area contributed by atoms with Crippen LogP contribution in [0.4, 0.5) is 0 Å². The number of carbonyl (C=O) groups excluding carboxylic acids is 1. The smallest absolute Gasteiger partial charge is 0.251 e. The number of nitrogens with two attached hydrogens (primary N) is 1. The van der Waals surface area contributed by atoms with Crippen LogP contribution in [0.5, 0.6) is 0 Å². The minimum atomic E-state index is -0.0318. The Labute approximate surface area is 162 Å². The topological polar surface area (TPSA) is 70.7 Å². The van der Waals surface area contributed by atoms with Gasteiger partial charge in [0, 0.05) is 25.2 Å². The van der Waals surface area contributed by atoms with Gasteiger partial charge in [-0.15, -0.1) is 24.0 Å². The van der Waals surface area contributed by atoms with E-state index in [1.807, 2.05) is 31.2 Å². The van der Waals surface area contributed by atoms with Crippen molar-refractivity contribution < 1.29 is 4.79 Å². The molecule has 1 aromatic carbocycles. The molecule has 1 aliphatic rings. The molecule has 0 atom stereocenters. The van der Waals surface area contributed by atoms with E-state index in [1.54, 1.807) is 0 Å². The summed E-state index contributed by atoms with van der Waals surface area (Å²) in [7, 11) is 0. The van der Waals surface area contributed by atoms with E-state index in [0.717, 1.165) is 31.0 Å². The molecule has 0 bridgehead atoms. The number of halogens is 1. The van der Waals surface area contributed by atoms with Gasteiger partial charge < -0.3 is 16.0 Å². The summed E-state index contributed by atoms with van der Waals surface area (Å²) >= 11 is 0. The second-order valence-corrected chi connectivity index (χ2v) is 6.30. The van der Waals surface area contributed by atoms with Crippen LogP contribution >= 0.6 is 24.0 Å². The van der Waals surface area contributed by atoms with Crippen LogP contribution in [0.25, 0.3) is 0 Å². The molecule has 1 amide bonds. The number of hydrogen-bond donors (Lipinski definition) is 2. The quantitative estimate of drug-likeness (QED) is 0.417. The molecule has 6 heteroatoms. The van der Waals surface area contributed by atoms with Crippen LogP contribution in [0, 0.1) is 5.92 Å². The Balaban J connectivity index is 0.00000288. The number of guanidine groups is 1. The van der Waals surface area contributed by atoms with Crippen molar-refractivity contribution in [3.05, 3.63) is 35.4 Å². The van der Waals surface area contributed by atoms with Gasteiger partial charge in [-0.05, 0) is 42.9 Å². The maximum Gasteiger partial charge on any atom is 0.251 e. The van der Waals surface area contributed by atoms with Crippen LogP contribution in [0.3, 0.4) is 0 Å². The third-order valence-electron chi connectivity index (χ3n) is 4.26. The second kappa shape index (κ2) is 10.5. The Kier molecular flexibility index (Phi) is 9.10. The molecular formula is C18H29IN4O. The molecule has 3 N–H and O–H groups in total. The SMILES string of the molecule is CCCNC(=O)c1cccc(CN=C(N)N2CCC(C)CC2)c1.I. The molecule has 0 aromatic heterocycles. The predicted octanol–water partition coefficient (Wildman–Crippen LogP) is 2.99. The summed E-state index contributed by atoms with van der Waals surface area (Å²) < 4.78 is 0. The molecule has 1 heterocycles. The van der Waals surface area contributed by atoms with Crippen molar-refractivity contribution in [2.45, 2.75) is 39.7 Å². The highest BCUT2D eigenvalue weighted by atomic mass is 127. The summed E-state index contributed by atoms with van der Waals surface area (Å²) in [4.78, 5) is 18.6. The summed E-state index contributed by atoms with van der Waals surface area (Å²) in [5, 5.41) is 2.89. The third-order valence-corrected chi connectivity index (χ3v) is 4.26. The number of rotatable bonds is 5. The Bertz CT molecular complexity index is 554. The average Bonchev–Trinajstić information content (AvgIpc) is 2.58. The van der Waals surface area contributed by atoms with E-state index in [2.05, 4.69) is 22.1 Å². The van der Waals surface area contributed by atoms with Crippen LogP contribution in [-0.4, -0.2) is 36.4 Å². The van der Waals surface area contributed by atoms with Crippen molar-refractivity contribution in [2.24, 2.45) is 16.6 Å². The van der Waals surface area contributed by atoms with Gasteiger partial charge in [0.15, 0.2) is 5.96 Å². The van der Waals surface area contributed by atoms with Gasteiger partial charge in [-0.1, -0.05) is 26.0 Å². The van der Waals surface area contributed by atoms with Gasteiger partial charge in [-0.3, -0.25) is 4.79 Å². The molecule has 0 unspecified atom stereocenters. The largest absolute Gasteiger partial charge is 0.370 e. The molecule has 2 rings (SSSR count). The summed E-state index contributed by atoms with van der Waals surface area (Å²) in [5.41, 5.74) is 7.78. The highest BCUT2D eigenvalue weighted by Gasteiger charge is 2.16. The van der Waals surface area contributed by atoms with E-state index < -0.39 is 0 Å². The number of hydrogen-bond acceptors (Lipinski definition) is 2. The highest BCUT2D eigenvalue weighted by Crippen LogP contribution is 2.15. The molecule has 0 aliphatic carbocycles. The van der Waals surface area contributed by atoms with Crippen LogP contribution in [0.2, 0.25) is 0 Å². The highest BCUT2D eigenvalue weighted by molar-refractivity contribution is 14.0. The van der Waals surface area contributed by atoms with Crippen molar-refractivity contribution in [3.8, 4) is 0 Å². The first kappa shape index (κ1) is 20.7. The molecule has 5 nitrogen and oxygen atoms in total. The van der Waals surface area contributed by atoms with E-state index in [0.29, 0.717) is 24.6 Å². The van der Waals surface area contributed by atoms with Gasteiger partial charge >= 0.3 is 0 Å². The van der Waals surface area contributed by atoms with Crippen molar-refractivity contribution in [3.63, 3.8) is 0 Å². The van der Waals surface area contributed by atoms with Crippen LogP contribution < -0.4 is 11.1 Å². The zero-order valence-corrected chi connectivity index (χ0v) is 17.0. The van der Waals surface area contributed by atoms with Crippen molar-refractivity contribution in [1.29, 1.82) is 0 Å². The van der Waals surface area contributed by atoms with Crippen molar-refractivity contribution >= 4 is 35.8 Å². The Morgan fingerprint density at radius 3 is 2.75 bits per heavy atom. The van der Waals surface area contributed by atoms with E-state index in [-0.39, 0.29) is 29.9 Å². The summed E-state index contributed by atoms with van der Waals surface area (Å²) in [5.74, 6) is 1.35. The molecule has 1 fully saturated rings. The van der Waals surface area contributed by atoms with Gasteiger partial charge in [0.1, 0.15) is 0 Å². The standard InChI is InChI=1S/C18H28N4O.HI/c1-3-9-20-17(23)16-6-4-5-15(12-16)13-21-18(19)22-10-7-14(2)8-11-22;/h4-6,12,14H,3,7-11,13H2,1-2H3,(H2,19,21)(H,20,23);1H. The minimum Gasteiger partial charge on any atom is -0.370 e. The van der Waals surface area contributed by atoms with Crippen LogP contribution in [0.15, 0.2) is 29.3 Å². The maximum atomic E-state index is 12.0. The summed E-state index contributed by atoms with van der Waals surface area (Å²) in [6.07, 6.45) is 3.27. The fourth-order valence-electron chi connectivity index (χ4n) is 2.66. The number of aliphatic imine (C=N–C) groups is 1. The van der Waals surface area contributed by atoms with E-state index in [9.17, 15) is 4.79 Å². The van der Waals surface area contributed by atoms with E-state index >= 15 is 0 Å². The zero-order chi connectivity index (χ0) is 16.7. The molecular weight excluding hydrogens is 415 g/mol. The molecule has 1 aromatic rings. The number of benzene rings is 1. The molecule has 0 saturated carbocycles. The molecule has 134 valence electrons. The zero-order valence-electron chi connectivity index (χ0n) is 14.6. The normalized spacial score (nSPS) is 15.8. The van der Waals surface area contributed by atoms with Gasteiger partial charge in [0.25, 0.3) is 5.91 Å². The molecule has 24 heavy (non-hydrogen) atoms. The molecule has 1 saturated heterocycles. The lowest BCUT2D eigenvalue weighted by molar-refractivity contribution is 0.0953. The fraction of sp³-hybridized carbons (Fsp3) is 0.556. The average molecular weight is 444 g/mol. The van der Waals surface area contributed by atoms with Gasteiger partial charge in [0.05, 0.1) is 6.54 Å². The number of piperidine rings is 1. The molecule has 1 aliphatic heterocycles. The maximum absolute atomic E-state index is 12.0. The Morgan fingerprint density at radius 1 is 1.38 bits per heavy atom. The lowest BCUT2D eigenvalue weighted by Gasteiger charge is -2.31. The number of amides is 1. The minimum absolute atomic E-state index is 0. The predicted molar refractivity (Wildman–Crippen MR) is 110 cm³/mol. The molecule has 0 spiro atoms. The lowest BCUT2D eigenvalue weighted by atomic mass is 10.00. The van der Waals surface area contributed by atoms with Crippen molar-refractivity contribution in [1.82, 2.24) is 10.2 Å². The van der Waals surface area contributed by atoms with Gasteiger partial charge in [-0.25, -0.2) is 4.99 Å². The number of nitrogens with zero attached hydrogens (tertiary/aromatic N) is 2. The Hall–Kier alpha value is -1.31. The summed E-state index contributed by atoms with van der Waals surface area (Å²) in [6, 6.07) is 7.59. The monoisotopic (exact) mass is 444 g/mol. The van der Waals surface area contributed by atoms with Crippen molar-refractivity contribution in [2.75, 3.05) is 19.6 Å². The first-order chi connectivity index (χ1) is 11.1. The Morgan fingerprint density at radius 2 is 2.08 bits per heavy atom. The lowest BCUT2D eigenvalue weighted by Crippen LogP contribution is -2.42. The van der Waals surface area contributed by atoms with E-state index in [1.165, 1.54) is 12.8 Å².